The minimum absolute atomic E-state index is 0.0771. The molecule has 45 heavy (non-hydrogen) atoms. The Kier molecular flexibility index (Phi) is 9.69. The third-order valence-corrected chi connectivity index (χ3v) is 14.2. The van der Waals surface area contributed by atoms with Crippen molar-refractivity contribution < 1.29 is 17.6 Å². The van der Waals surface area contributed by atoms with Gasteiger partial charge in [-0.2, -0.15) is 4.31 Å². The highest BCUT2D eigenvalue weighted by Gasteiger charge is 2.48. The summed E-state index contributed by atoms with van der Waals surface area (Å²) in [4.78, 5) is 18.4. The Labute approximate surface area is 274 Å². The van der Waals surface area contributed by atoms with Crippen molar-refractivity contribution in [3.05, 3.63) is 63.9 Å². The molecule has 4 aliphatic rings. The van der Waals surface area contributed by atoms with E-state index < -0.39 is 10.0 Å². The molecular weight excluding hydrogens is 609 g/mol. The molecule has 6 nitrogen and oxygen atoms in total. The lowest BCUT2D eigenvalue weighted by Crippen LogP contribution is -2.52. The number of amides is 1. The van der Waals surface area contributed by atoms with Crippen LogP contribution in [0.4, 0.5) is 4.39 Å². The van der Waals surface area contributed by atoms with Gasteiger partial charge in [0.25, 0.3) is 0 Å². The molecule has 0 N–H and O–H groups in total. The maximum atomic E-state index is 14.3. The maximum absolute atomic E-state index is 14.3. The predicted molar refractivity (Wildman–Crippen MR) is 177 cm³/mol. The van der Waals surface area contributed by atoms with E-state index in [0.717, 1.165) is 95.1 Å². The lowest BCUT2D eigenvalue weighted by molar-refractivity contribution is -0.134. The van der Waals surface area contributed by atoms with E-state index >= 15 is 0 Å². The predicted octanol–water partition coefficient (Wildman–Crippen LogP) is 7.59. The van der Waals surface area contributed by atoms with Crippen molar-refractivity contribution >= 4 is 27.5 Å². The molecule has 246 valence electrons. The van der Waals surface area contributed by atoms with Crippen LogP contribution >= 0.6 is 11.6 Å². The highest BCUT2D eigenvalue weighted by Crippen LogP contribution is 2.53. The number of aryl methyl sites for hydroxylation is 2. The minimum Gasteiger partial charge on any atom is -0.343 e. The molecule has 9 heteroatoms. The van der Waals surface area contributed by atoms with Gasteiger partial charge in [0, 0.05) is 42.7 Å². The summed E-state index contributed by atoms with van der Waals surface area (Å²) in [6.07, 6.45) is 12.3. The van der Waals surface area contributed by atoms with Crippen molar-refractivity contribution in [2.24, 2.45) is 5.41 Å². The van der Waals surface area contributed by atoms with Gasteiger partial charge in [-0.05, 0) is 144 Å². The molecule has 1 unspecified atom stereocenters. The Morgan fingerprint density at radius 3 is 2.27 bits per heavy atom. The van der Waals surface area contributed by atoms with Gasteiger partial charge < -0.3 is 4.90 Å². The van der Waals surface area contributed by atoms with Crippen molar-refractivity contribution in [3.63, 3.8) is 0 Å². The van der Waals surface area contributed by atoms with Crippen molar-refractivity contribution in [2.75, 3.05) is 32.7 Å². The van der Waals surface area contributed by atoms with E-state index in [4.69, 9.17) is 11.6 Å². The highest BCUT2D eigenvalue weighted by atomic mass is 35.5. The average Bonchev–Trinajstić information content (AvgIpc) is 3.58. The monoisotopic (exact) mass is 657 g/mol. The Bertz CT molecular complexity index is 1490. The van der Waals surface area contributed by atoms with Crippen molar-refractivity contribution in [1.82, 2.24) is 14.1 Å². The summed E-state index contributed by atoms with van der Waals surface area (Å²) in [6.45, 7) is 7.83. The maximum Gasteiger partial charge on any atom is 0.243 e. The van der Waals surface area contributed by atoms with Crippen molar-refractivity contribution in [2.45, 2.75) is 114 Å². The Morgan fingerprint density at radius 2 is 1.58 bits per heavy atom. The second-order valence-corrected chi connectivity index (χ2v) is 16.6. The standard InChI is InChI=1S/C36H49ClFN3O3S/c1-27-25-33(28(2)24-32(27)37)45(43,44)41-21-4-3-10-31(41)11-12-34(42)39-22-17-35(18-23-39)13-15-36(16-14-35,40-19-5-6-20-40)29-8-7-9-30(38)26-29/h7-9,24-26,31H,3-6,10-23H2,1-2H3. The SMILES string of the molecule is Cc1cc(S(=O)(=O)N2CCCCC2CCC(=O)N2CCC3(CC2)CCC(c2cccc(F)c2)(N2CCCC2)CC3)c(C)cc1Cl. The summed E-state index contributed by atoms with van der Waals surface area (Å²) in [7, 11) is -3.69. The number of hydrogen-bond acceptors (Lipinski definition) is 4. The van der Waals surface area contributed by atoms with Gasteiger partial charge in [0.2, 0.25) is 15.9 Å². The van der Waals surface area contributed by atoms with Gasteiger partial charge in [0.05, 0.1) is 4.90 Å². The second-order valence-electron chi connectivity index (χ2n) is 14.3. The molecule has 3 heterocycles. The average molecular weight is 658 g/mol. The fraction of sp³-hybridized carbons (Fsp3) is 0.639. The van der Waals surface area contributed by atoms with Crippen LogP contribution in [0.3, 0.4) is 0 Å². The number of benzene rings is 2. The number of carbonyl (C=O) groups excluding carboxylic acids is 1. The summed E-state index contributed by atoms with van der Waals surface area (Å²) in [5.41, 5.74) is 2.71. The van der Waals surface area contributed by atoms with E-state index in [1.165, 1.54) is 12.8 Å². The highest BCUT2D eigenvalue weighted by molar-refractivity contribution is 7.89. The number of carbonyl (C=O) groups is 1. The van der Waals surface area contributed by atoms with Gasteiger partial charge in [0.1, 0.15) is 5.82 Å². The Balaban J connectivity index is 1.06. The molecule has 1 spiro atoms. The quantitative estimate of drug-likeness (QED) is 0.308. The van der Waals surface area contributed by atoms with Crippen LogP contribution in [-0.2, 0) is 20.4 Å². The number of piperidine rings is 2. The van der Waals surface area contributed by atoms with Crippen molar-refractivity contribution in [1.29, 1.82) is 0 Å². The first-order valence-electron chi connectivity index (χ1n) is 17.1. The van der Waals surface area contributed by atoms with Crippen LogP contribution in [0.1, 0.15) is 100 Å². The number of likely N-dealkylation sites (tertiary alicyclic amines) is 2. The summed E-state index contributed by atoms with van der Waals surface area (Å²) >= 11 is 6.26. The fourth-order valence-corrected chi connectivity index (χ4v) is 11.1. The molecule has 3 aliphatic heterocycles. The van der Waals surface area contributed by atoms with Crippen LogP contribution in [0.15, 0.2) is 41.3 Å². The number of nitrogens with zero attached hydrogens (tertiary/aromatic N) is 3. The third-order valence-electron chi connectivity index (χ3n) is 11.7. The van der Waals surface area contributed by atoms with Gasteiger partial charge in [-0.25, -0.2) is 12.8 Å². The number of halogens is 2. The first-order chi connectivity index (χ1) is 21.5. The second kappa shape index (κ2) is 13.2. The van der Waals surface area contributed by atoms with Crippen LogP contribution in [0.5, 0.6) is 0 Å². The van der Waals surface area contributed by atoms with E-state index in [9.17, 15) is 17.6 Å². The van der Waals surface area contributed by atoms with E-state index in [1.807, 2.05) is 17.9 Å². The van der Waals surface area contributed by atoms with Crippen molar-refractivity contribution in [3.8, 4) is 0 Å². The lowest BCUT2D eigenvalue weighted by Gasteiger charge is -2.53. The zero-order valence-electron chi connectivity index (χ0n) is 27.0. The van der Waals surface area contributed by atoms with Gasteiger partial charge >= 0.3 is 0 Å². The summed E-state index contributed by atoms with van der Waals surface area (Å²) in [5.74, 6) is -0.00408. The van der Waals surface area contributed by atoms with Crippen LogP contribution in [0, 0.1) is 25.1 Å². The van der Waals surface area contributed by atoms with Gasteiger partial charge in [-0.15, -0.1) is 0 Å². The van der Waals surface area contributed by atoms with E-state index in [-0.39, 0.29) is 28.7 Å². The molecule has 2 aromatic carbocycles. The molecule has 1 aliphatic carbocycles. The minimum atomic E-state index is -3.69. The smallest absolute Gasteiger partial charge is 0.243 e. The number of rotatable bonds is 7. The number of sulfonamides is 1. The molecule has 1 atom stereocenters. The van der Waals surface area contributed by atoms with E-state index in [2.05, 4.69) is 11.0 Å². The summed E-state index contributed by atoms with van der Waals surface area (Å²) < 4.78 is 43.6. The zero-order valence-corrected chi connectivity index (χ0v) is 28.6. The molecule has 1 saturated carbocycles. The zero-order chi connectivity index (χ0) is 31.8. The van der Waals surface area contributed by atoms with Crippen LogP contribution in [0.2, 0.25) is 5.02 Å². The van der Waals surface area contributed by atoms with E-state index in [0.29, 0.717) is 34.9 Å². The summed E-state index contributed by atoms with van der Waals surface area (Å²) in [5, 5.41) is 0.571. The molecule has 1 amide bonds. The van der Waals surface area contributed by atoms with Gasteiger partial charge in [-0.1, -0.05) is 30.2 Å². The molecule has 4 fully saturated rings. The summed E-state index contributed by atoms with van der Waals surface area (Å²) in [6, 6.07) is 10.5. The molecular formula is C36H49ClFN3O3S. The van der Waals surface area contributed by atoms with Gasteiger partial charge in [-0.3, -0.25) is 9.69 Å². The first kappa shape index (κ1) is 32.9. The first-order valence-corrected chi connectivity index (χ1v) is 18.9. The molecule has 2 aromatic rings. The topological polar surface area (TPSA) is 60.9 Å². The van der Waals surface area contributed by atoms with Crippen LogP contribution < -0.4 is 0 Å². The number of hydrogen-bond donors (Lipinski definition) is 0. The molecule has 0 radical (unpaired) electrons. The van der Waals surface area contributed by atoms with Crippen LogP contribution in [0.25, 0.3) is 0 Å². The molecule has 0 bridgehead atoms. The molecule has 0 aromatic heterocycles. The Morgan fingerprint density at radius 1 is 0.889 bits per heavy atom. The largest absolute Gasteiger partial charge is 0.343 e. The van der Waals surface area contributed by atoms with Gasteiger partial charge in [0.15, 0.2) is 0 Å². The molecule has 3 saturated heterocycles. The molecule has 6 rings (SSSR count). The van der Waals surface area contributed by atoms with E-state index in [1.54, 1.807) is 35.5 Å². The normalized spacial score (nSPS) is 24.3. The fourth-order valence-electron chi connectivity index (χ4n) is 8.82. The third kappa shape index (κ3) is 6.59. The Hall–Kier alpha value is -2.00. The lowest BCUT2D eigenvalue weighted by atomic mass is 9.61. The van der Waals surface area contributed by atoms with Crippen LogP contribution in [-0.4, -0.2) is 67.2 Å².